The van der Waals surface area contributed by atoms with Crippen molar-refractivity contribution in [3.63, 3.8) is 0 Å². The van der Waals surface area contributed by atoms with Gasteiger partial charge in [-0.25, -0.2) is 0 Å². The zero-order chi connectivity index (χ0) is 18.1. The fraction of sp³-hybridized carbons (Fsp3) is 0.409. The number of hydrogen-bond donors (Lipinski definition) is 0. The smallest absolute Gasteiger partial charge is 0.0994 e. The molecule has 0 aliphatic rings. The zero-order valence-corrected chi connectivity index (χ0v) is 16.3. The van der Waals surface area contributed by atoms with Gasteiger partial charge in [-0.3, -0.25) is 0 Å². The average molecular weight is 357 g/mol. The van der Waals surface area contributed by atoms with Gasteiger partial charge in [-0.15, -0.1) is 0 Å². The van der Waals surface area contributed by atoms with Gasteiger partial charge in [0.1, 0.15) is 0 Å². The van der Waals surface area contributed by atoms with Crippen LogP contribution in [-0.4, -0.2) is 24.6 Å². The van der Waals surface area contributed by atoms with Crippen molar-refractivity contribution in [2.75, 3.05) is 23.5 Å². The Balaban J connectivity index is 0.00000576. The third-order valence-corrected chi connectivity index (χ3v) is 4.89. The second kappa shape index (κ2) is 11.6. The van der Waals surface area contributed by atoms with Crippen LogP contribution in [0.4, 0.5) is 5.69 Å². The lowest BCUT2D eigenvalue weighted by Crippen LogP contribution is -2.34. The van der Waals surface area contributed by atoms with E-state index in [4.69, 9.17) is 0 Å². The molecule has 0 amide bonds. The number of allylic oxidation sites excluding steroid dienone is 2. The highest BCUT2D eigenvalue weighted by molar-refractivity contribution is 7.98. The third-order valence-electron chi connectivity index (χ3n) is 4.39. The van der Waals surface area contributed by atoms with Crippen molar-refractivity contribution in [3.8, 4) is 6.07 Å². The standard InChI is InChI=1S/C21H28N2S.CH4/c1-7-9-10-19(13-14-24-6)18(5)23(8-2)21-12-11-20(15-22)16(3)17(21)4;/h7,9-13,18H,1,8,14H2,2-6H3;1H4/b10-9-,19-13+;. The molecule has 1 aromatic carbocycles. The number of nitrogens with zero attached hydrogens (tertiary/aromatic N) is 2. The minimum atomic E-state index is 0. The summed E-state index contributed by atoms with van der Waals surface area (Å²) in [5.41, 5.74) is 5.48. The van der Waals surface area contributed by atoms with E-state index in [9.17, 15) is 5.26 Å². The number of thioether (sulfide) groups is 1. The SMILES string of the molecule is C.C=C/C=C\C(=C/CSC)C(C)N(CC)c1ccc(C#N)c(C)c1C. The van der Waals surface area contributed by atoms with Crippen LogP contribution in [0.15, 0.2) is 48.6 Å². The number of likely N-dealkylation sites (N-methyl/N-ethyl adjacent to an activating group) is 1. The predicted molar refractivity (Wildman–Crippen MR) is 116 cm³/mol. The van der Waals surface area contributed by atoms with E-state index >= 15 is 0 Å². The zero-order valence-electron chi connectivity index (χ0n) is 15.5. The normalized spacial score (nSPS) is 12.4. The first-order valence-electron chi connectivity index (χ1n) is 8.26. The van der Waals surface area contributed by atoms with E-state index in [-0.39, 0.29) is 13.5 Å². The Labute approximate surface area is 158 Å². The van der Waals surface area contributed by atoms with Crippen molar-refractivity contribution in [3.05, 3.63) is 65.3 Å². The lowest BCUT2D eigenvalue weighted by atomic mass is 9.99. The first-order valence-corrected chi connectivity index (χ1v) is 9.66. The molecule has 0 radical (unpaired) electrons. The van der Waals surface area contributed by atoms with Crippen molar-refractivity contribution in [1.29, 1.82) is 5.26 Å². The van der Waals surface area contributed by atoms with Gasteiger partial charge in [0.15, 0.2) is 0 Å². The topological polar surface area (TPSA) is 27.0 Å². The summed E-state index contributed by atoms with van der Waals surface area (Å²) < 4.78 is 0. The van der Waals surface area contributed by atoms with Crippen LogP contribution >= 0.6 is 11.8 Å². The van der Waals surface area contributed by atoms with Crippen LogP contribution in [0.1, 0.15) is 38.0 Å². The van der Waals surface area contributed by atoms with Gasteiger partial charge in [0.25, 0.3) is 0 Å². The Bertz CT molecular complexity index is 665. The van der Waals surface area contributed by atoms with Crippen molar-refractivity contribution >= 4 is 17.4 Å². The molecule has 0 aliphatic carbocycles. The van der Waals surface area contributed by atoms with Crippen LogP contribution in [0.3, 0.4) is 0 Å². The molecule has 2 nitrogen and oxygen atoms in total. The van der Waals surface area contributed by atoms with Crippen LogP contribution in [0.2, 0.25) is 0 Å². The van der Waals surface area contributed by atoms with Gasteiger partial charge in [0, 0.05) is 18.0 Å². The van der Waals surface area contributed by atoms with Crippen molar-refractivity contribution in [2.24, 2.45) is 0 Å². The summed E-state index contributed by atoms with van der Waals surface area (Å²) in [6, 6.07) is 6.53. The second-order valence-electron chi connectivity index (χ2n) is 5.71. The van der Waals surface area contributed by atoms with Gasteiger partial charge >= 0.3 is 0 Å². The van der Waals surface area contributed by atoms with Gasteiger partial charge in [-0.1, -0.05) is 38.3 Å². The van der Waals surface area contributed by atoms with Crippen molar-refractivity contribution in [2.45, 2.75) is 41.2 Å². The maximum Gasteiger partial charge on any atom is 0.0994 e. The molecule has 1 aromatic rings. The van der Waals surface area contributed by atoms with Crippen molar-refractivity contribution < 1.29 is 0 Å². The molecule has 136 valence electrons. The summed E-state index contributed by atoms with van der Waals surface area (Å²) in [6.07, 6.45) is 10.3. The molecular weight excluding hydrogens is 324 g/mol. The van der Waals surface area contributed by atoms with E-state index in [1.165, 1.54) is 16.8 Å². The molecule has 1 atom stereocenters. The molecule has 0 N–H and O–H groups in total. The van der Waals surface area contributed by atoms with Crippen LogP contribution in [-0.2, 0) is 0 Å². The Hall–Kier alpha value is -1.92. The number of benzene rings is 1. The minimum Gasteiger partial charge on any atom is -0.365 e. The Morgan fingerprint density at radius 3 is 2.56 bits per heavy atom. The fourth-order valence-electron chi connectivity index (χ4n) is 2.81. The minimum absolute atomic E-state index is 0. The molecule has 0 spiro atoms. The Morgan fingerprint density at radius 1 is 1.36 bits per heavy atom. The van der Waals surface area contributed by atoms with Gasteiger partial charge in [0.2, 0.25) is 0 Å². The summed E-state index contributed by atoms with van der Waals surface area (Å²) in [5, 5.41) is 9.23. The lowest BCUT2D eigenvalue weighted by molar-refractivity contribution is 0.733. The maximum absolute atomic E-state index is 9.23. The molecule has 0 aromatic heterocycles. The van der Waals surface area contributed by atoms with E-state index in [0.29, 0.717) is 0 Å². The molecule has 0 bridgehead atoms. The van der Waals surface area contributed by atoms with E-state index in [1.807, 2.05) is 36.9 Å². The second-order valence-corrected chi connectivity index (χ2v) is 6.62. The van der Waals surface area contributed by atoms with Crippen molar-refractivity contribution in [1.82, 2.24) is 0 Å². The molecule has 1 unspecified atom stereocenters. The van der Waals surface area contributed by atoms with Gasteiger partial charge in [-0.2, -0.15) is 17.0 Å². The van der Waals surface area contributed by atoms with E-state index in [1.54, 1.807) is 0 Å². The summed E-state index contributed by atoms with van der Waals surface area (Å²) in [4.78, 5) is 2.39. The first-order chi connectivity index (χ1) is 11.5. The van der Waals surface area contributed by atoms with Crippen LogP contribution in [0.5, 0.6) is 0 Å². The predicted octanol–water partition coefficient (Wildman–Crippen LogP) is 6.06. The number of nitriles is 1. The molecule has 3 heteroatoms. The molecule has 0 fully saturated rings. The molecule has 0 aliphatic heterocycles. The van der Waals surface area contributed by atoms with Gasteiger partial charge in [0.05, 0.1) is 17.7 Å². The summed E-state index contributed by atoms with van der Waals surface area (Å²) in [5.74, 6) is 0.990. The molecule has 0 saturated heterocycles. The first kappa shape index (κ1) is 23.1. The largest absolute Gasteiger partial charge is 0.365 e. The third kappa shape index (κ3) is 5.83. The van der Waals surface area contributed by atoms with Gasteiger partial charge in [-0.05, 0) is 62.8 Å². The van der Waals surface area contributed by atoms with Crippen LogP contribution < -0.4 is 4.90 Å². The highest BCUT2D eigenvalue weighted by atomic mass is 32.2. The molecule has 1 rings (SSSR count). The van der Waals surface area contributed by atoms with Crippen LogP contribution in [0, 0.1) is 25.2 Å². The average Bonchev–Trinajstić information content (AvgIpc) is 2.59. The maximum atomic E-state index is 9.23. The quantitative estimate of drug-likeness (QED) is 0.530. The Morgan fingerprint density at radius 2 is 2.04 bits per heavy atom. The van der Waals surface area contributed by atoms with E-state index in [0.717, 1.165) is 23.4 Å². The summed E-state index contributed by atoms with van der Waals surface area (Å²) in [6.45, 7) is 13.2. The number of rotatable bonds is 8. The monoisotopic (exact) mass is 356 g/mol. The molecule has 0 saturated carbocycles. The number of anilines is 1. The highest BCUT2D eigenvalue weighted by Gasteiger charge is 2.18. The highest BCUT2D eigenvalue weighted by Crippen LogP contribution is 2.29. The molecule has 25 heavy (non-hydrogen) atoms. The summed E-state index contributed by atoms with van der Waals surface area (Å²) >= 11 is 1.82. The summed E-state index contributed by atoms with van der Waals surface area (Å²) in [7, 11) is 0. The number of hydrogen-bond acceptors (Lipinski definition) is 3. The van der Waals surface area contributed by atoms with Crippen LogP contribution in [0.25, 0.3) is 0 Å². The van der Waals surface area contributed by atoms with Gasteiger partial charge < -0.3 is 4.90 Å². The molecule has 0 heterocycles. The Kier molecular flexibility index (Phi) is 10.7. The lowest BCUT2D eigenvalue weighted by Gasteiger charge is -2.33. The van der Waals surface area contributed by atoms with E-state index < -0.39 is 0 Å². The fourth-order valence-corrected chi connectivity index (χ4v) is 3.17. The van der Waals surface area contributed by atoms with E-state index in [2.05, 4.69) is 62.8 Å². The molecular formula is C22H32N2S.